The lowest BCUT2D eigenvalue weighted by molar-refractivity contribution is 0.619. The van der Waals surface area contributed by atoms with E-state index in [1.54, 1.807) is 24.3 Å². The highest BCUT2D eigenvalue weighted by molar-refractivity contribution is 7.15. The Morgan fingerprint density at radius 1 is 1.12 bits per heavy atom. The largest absolute Gasteiger partial charge is 0.207 e. The molecule has 0 aliphatic carbocycles. The Labute approximate surface area is 99.8 Å². The molecular formula is C14H15FS. The molecule has 1 aromatic carbocycles. The Hall–Kier alpha value is -1.15. The van der Waals surface area contributed by atoms with Gasteiger partial charge in [-0.05, 0) is 42.2 Å². The van der Waals surface area contributed by atoms with Crippen molar-refractivity contribution in [1.82, 2.24) is 0 Å². The van der Waals surface area contributed by atoms with Crippen molar-refractivity contribution in [3.63, 3.8) is 0 Å². The molecule has 16 heavy (non-hydrogen) atoms. The minimum absolute atomic E-state index is 0.128. The van der Waals surface area contributed by atoms with Crippen LogP contribution in [0.3, 0.4) is 0 Å². The van der Waals surface area contributed by atoms with Crippen LogP contribution >= 0.6 is 11.3 Å². The van der Waals surface area contributed by atoms with Gasteiger partial charge in [-0.2, -0.15) is 0 Å². The SMILES string of the molecule is Cc1ccc(-c2ccc(C(C)C)s2)cc1F. The van der Waals surface area contributed by atoms with Crippen LogP contribution in [0.15, 0.2) is 30.3 Å². The molecule has 0 saturated heterocycles. The van der Waals surface area contributed by atoms with E-state index < -0.39 is 0 Å². The van der Waals surface area contributed by atoms with Gasteiger partial charge in [0.15, 0.2) is 0 Å². The van der Waals surface area contributed by atoms with Crippen molar-refractivity contribution in [3.05, 3.63) is 46.6 Å². The number of halogens is 1. The minimum atomic E-state index is -0.128. The molecule has 1 aromatic heterocycles. The molecular weight excluding hydrogens is 219 g/mol. The van der Waals surface area contributed by atoms with E-state index in [0.29, 0.717) is 11.5 Å². The Morgan fingerprint density at radius 2 is 1.88 bits per heavy atom. The highest BCUT2D eigenvalue weighted by Gasteiger charge is 2.07. The highest BCUT2D eigenvalue weighted by atomic mass is 32.1. The zero-order valence-corrected chi connectivity index (χ0v) is 10.6. The van der Waals surface area contributed by atoms with E-state index in [1.165, 1.54) is 4.88 Å². The van der Waals surface area contributed by atoms with Gasteiger partial charge in [-0.15, -0.1) is 11.3 Å². The smallest absolute Gasteiger partial charge is 0.126 e. The van der Waals surface area contributed by atoms with Crippen LogP contribution < -0.4 is 0 Å². The standard InChI is InChI=1S/C14H15FS/c1-9(2)13-6-7-14(16-13)11-5-4-10(3)12(15)8-11/h4-9H,1-3H3. The fraction of sp³-hybridized carbons (Fsp3) is 0.286. The van der Waals surface area contributed by atoms with E-state index >= 15 is 0 Å². The fourth-order valence-electron chi connectivity index (χ4n) is 1.56. The van der Waals surface area contributed by atoms with Crippen molar-refractivity contribution < 1.29 is 4.39 Å². The summed E-state index contributed by atoms with van der Waals surface area (Å²) in [7, 11) is 0. The molecule has 2 heteroatoms. The molecule has 0 N–H and O–H groups in total. The van der Waals surface area contributed by atoms with Crippen LogP contribution in [0.25, 0.3) is 10.4 Å². The van der Waals surface area contributed by atoms with Crippen LogP contribution in [0.5, 0.6) is 0 Å². The lowest BCUT2D eigenvalue weighted by atomic mass is 10.1. The molecule has 0 aliphatic heterocycles. The maximum absolute atomic E-state index is 13.4. The van der Waals surface area contributed by atoms with Crippen molar-refractivity contribution in [1.29, 1.82) is 0 Å². The molecule has 0 atom stereocenters. The van der Waals surface area contributed by atoms with Gasteiger partial charge < -0.3 is 0 Å². The molecule has 2 rings (SSSR count). The lowest BCUT2D eigenvalue weighted by Gasteiger charge is -2.01. The van der Waals surface area contributed by atoms with Gasteiger partial charge in [0, 0.05) is 9.75 Å². The number of benzene rings is 1. The van der Waals surface area contributed by atoms with Crippen LogP contribution in [0.1, 0.15) is 30.2 Å². The van der Waals surface area contributed by atoms with Crippen LogP contribution in [-0.2, 0) is 0 Å². The number of hydrogen-bond acceptors (Lipinski definition) is 1. The van der Waals surface area contributed by atoms with Crippen LogP contribution in [0, 0.1) is 12.7 Å². The first-order chi connectivity index (χ1) is 7.58. The summed E-state index contributed by atoms with van der Waals surface area (Å²) in [6.45, 7) is 6.13. The van der Waals surface area contributed by atoms with Crippen LogP contribution in [-0.4, -0.2) is 0 Å². The molecule has 0 spiro atoms. The van der Waals surface area contributed by atoms with Crippen molar-refractivity contribution in [2.24, 2.45) is 0 Å². The normalized spacial score (nSPS) is 11.1. The molecule has 0 aliphatic rings. The number of rotatable bonds is 2. The summed E-state index contributed by atoms with van der Waals surface area (Å²) in [6.07, 6.45) is 0. The second-order valence-corrected chi connectivity index (χ2v) is 5.44. The third kappa shape index (κ3) is 2.17. The second-order valence-electron chi connectivity index (χ2n) is 4.32. The van der Waals surface area contributed by atoms with Crippen molar-refractivity contribution in [2.45, 2.75) is 26.7 Å². The number of thiophene rings is 1. The predicted molar refractivity (Wildman–Crippen MR) is 68.5 cm³/mol. The fourth-order valence-corrected chi connectivity index (χ4v) is 2.57. The first-order valence-corrected chi connectivity index (χ1v) is 6.26. The molecule has 0 nitrogen and oxygen atoms in total. The Morgan fingerprint density at radius 3 is 2.44 bits per heavy atom. The molecule has 0 unspecified atom stereocenters. The van der Waals surface area contributed by atoms with E-state index in [1.807, 2.05) is 12.1 Å². The summed E-state index contributed by atoms with van der Waals surface area (Å²) in [5.74, 6) is 0.408. The molecule has 0 bridgehead atoms. The van der Waals surface area contributed by atoms with Gasteiger partial charge in [0.1, 0.15) is 5.82 Å². The first kappa shape index (κ1) is 11.3. The number of hydrogen-bond donors (Lipinski definition) is 0. The van der Waals surface area contributed by atoms with Gasteiger partial charge in [0.25, 0.3) is 0 Å². The van der Waals surface area contributed by atoms with Gasteiger partial charge in [-0.1, -0.05) is 26.0 Å². The summed E-state index contributed by atoms with van der Waals surface area (Å²) in [5, 5.41) is 0. The zero-order chi connectivity index (χ0) is 11.7. The van der Waals surface area contributed by atoms with Crippen LogP contribution in [0.4, 0.5) is 4.39 Å². The summed E-state index contributed by atoms with van der Waals surface area (Å²) in [4.78, 5) is 2.48. The van der Waals surface area contributed by atoms with Gasteiger partial charge in [-0.3, -0.25) is 0 Å². The molecule has 1 heterocycles. The quantitative estimate of drug-likeness (QED) is 0.687. The average molecular weight is 234 g/mol. The monoisotopic (exact) mass is 234 g/mol. The topological polar surface area (TPSA) is 0 Å². The Bertz CT molecular complexity index is 497. The molecule has 0 radical (unpaired) electrons. The zero-order valence-electron chi connectivity index (χ0n) is 9.75. The van der Waals surface area contributed by atoms with E-state index in [-0.39, 0.29) is 5.82 Å². The summed E-state index contributed by atoms with van der Waals surface area (Å²) < 4.78 is 13.4. The second kappa shape index (κ2) is 4.38. The molecule has 0 amide bonds. The maximum atomic E-state index is 13.4. The third-order valence-electron chi connectivity index (χ3n) is 2.65. The molecule has 2 aromatic rings. The van der Waals surface area contributed by atoms with E-state index in [2.05, 4.69) is 26.0 Å². The number of aryl methyl sites for hydroxylation is 1. The maximum Gasteiger partial charge on any atom is 0.126 e. The first-order valence-electron chi connectivity index (χ1n) is 5.44. The Kier molecular flexibility index (Phi) is 3.10. The molecule has 0 saturated carbocycles. The predicted octanol–water partition coefficient (Wildman–Crippen LogP) is 4.99. The molecule has 0 fully saturated rings. The van der Waals surface area contributed by atoms with Gasteiger partial charge in [0.05, 0.1) is 0 Å². The lowest BCUT2D eigenvalue weighted by Crippen LogP contribution is -1.82. The van der Waals surface area contributed by atoms with Gasteiger partial charge in [0.2, 0.25) is 0 Å². The van der Waals surface area contributed by atoms with Crippen molar-refractivity contribution in [2.75, 3.05) is 0 Å². The Balaban J connectivity index is 2.39. The van der Waals surface area contributed by atoms with E-state index in [4.69, 9.17) is 0 Å². The van der Waals surface area contributed by atoms with Crippen molar-refractivity contribution in [3.8, 4) is 10.4 Å². The summed E-state index contributed by atoms with van der Waals surface area (Å²) in [5.41, 5.74) is 1.67. The molecule has 84 valence electrons. The minimum Gasteiger partial charge on any atom is -0.207 e. The highest BCUT2D eigenvalue weighted by Crippen LogP contribution is 2.32. The van der Waals surface area contributed by atoms with Crippen molar-refractivity contribution >= 4 is 11.3 Å². The van der Waals surface area contributed by atoms with E-state index in [0.717, 1.165) is 10.4 Å². The van der Waals surface area contributed by atoms with Crippen LogP contribution in [0.2, 0.25) is 0 Å². The summed E-state index contributed by atoms with van der Waals surface area (Å²) >= 11 is 1.74. The van der Waals surface area contributed by atoms with Gasteiger partial charge in [-0.25, -0.2) is 4.39 Å². The van der Waals surface area contributed by atoms with Gasteiger partial charge >= 0.3 is 0 Å². The third-order valence-corrected chi connectivity index (χ3v) is 4.09. The average Bonchev–Trinajstić information content (AvgIpc) is 2.71. The van der Waals surface area contributed by atoms with E-state index in [9.17, 15) is 4.39 Å². The summed E-state index contributed by atoms with van der Waals surface area (Å²) in [6, 6.07) is 9.63.